The van der Waals surface area contributed by atoms with Crippen LogP contribution in [0, 0.1) is 0 Å². The van der Waals surface area contributed by atoms with Crippen molar-refractivity contribution in [3.05, 3.63) is 12.2 Å². The standard InChI is InChI=1S/C51H97NO8/c1-6-8-10-12-14-16-18-20-21-22-23-24-25-26-27-28-30-31-33-35-37-39-41-48(53)58-45-47(46-59-51(50(55)56)57-44-43-52(3,4)5)60-49(54)42-40-38-36-34-32-29-19-17-15-13-11-9-7-2/h17,19,47,51H,6-16,18,20-46H2,1-5H3/b19-17-. The predicted octanol–water partition coefficient (Wildman–Crippen LogP) is 12.5. The fourth-order valence-electron chi connectivity index (χ4n) is 7.30. The summed E-state index contributed by atoms with van der Waals surface area (Å²) < 4.78 is 22.6. The van der Waals surface area contributed by atoms with Crippen LogP contribution >= 0.6 is 0 Å². The van der Waals surface area contributed by atoms with E-state index in [0.717, 1.165) is 51.4 Å². The lowest BCUT2D eigenvalue weighted by Gasteiger charge is -2.26. The monoisotopic (exact) mass is 852 g/mol. The summed E-state index contributed by atoms with van der Waals surface area (Å²) in [5.41, 5.74) is 0. The minimum absolute atomic E-state index is 0.149. The quantitative estimate of drug-likeness (QED) is 0.0196. The Kier molecular flexibility index (Phi) is 42.2. The Bertz CT molecular complexity index is 996. The van der Waals surface area contributed by atoms with E-state index in [2.05, 4.69) is 26.0 Å². The van der Waals surface area contributed by atoms with Gasteiger partial charge in [-0.2, -0.15) is 0 Å². The first-order valence-electron chi connectivity index (χ1n) is 25.3. The van der Waals surface area contributed by atoms with E-state index in [1.807, 2.05) is 21.1 Å². The molecular formula is C51H97NO8. The highest BCUT2D eigenvalue weighted by Crippen LogP contribution is 2.16. The number of carbonyl (C=O) groups is 3. The molecule has 0 N–H and O–H groups in total. The van der Waals surface area contributed by atoms with Gasteiger partial charge in [0.2, 0.25) is 0 Å². The molecule has 0 saturated heterocycles. The van der Waals surface area contributed by atoms with Gasteiger partial charge in [0.05, 0.1) is 40.3 Å². The largest absolute Gasteiger partial charge is 0.545 e. The predicted molar refractivity (Wildman–Crippen MR) is 247 cm³/mol. The summed E-state index contributed by atoms with van der Waals surface area (Å²) in [7, 11) is 5.92. The van der Waals surface area contributed by atoms with Crippen molar-refractivity contribution < 1.29 is 42.9 Å². The van der Waals surface area contributed by atoms with Crippen LogP contribution in [-0.2, 0) is 33.3 Å². The van der Waals surface area contributed by atoms with Gasteiger partial charge in [0, 0.05) is 12.8 Å². The van der Waals surface area contributed by atoms with Crippen LogP contribution < -0.4 is 5.11 Å². The second-order valence-electron chi connectivity index (χ2n) is 18.5. The highest BCUT2D eigenvalue weighted by atomic mass is 16.7. The number of allylic oxidation sites excluding steroid dienone is 2. The number of carboxylic acids is 1. The van der Waals surface area contributed by atoms with Crippen LogP contribution in [0.4, 0.5) is 0 Å². The zero-order valence-electron chi connectivity index (χ0n) is 40.1. The molecule has 0 heterocycles. The molecule has 60 heavy (non-hydrogen) atoms. The summed E-state index contributed by atoms with van der Waals surface area (Å²) in [6.07, 6.45) is 43.9. The van der Waals surface area contributed by atoms with Gasteiger partial charge in [-0.05, 0) is 38.5 Å². The molecule has 0 aliphatic heterocycles. The minimum atomic E-state index is -1.62. The molecule has 0 saturated carbocycles. The molecule has 0 rings (SSSR count). The van der Waals surface area contributed by atoms with Gasteiger partial charge in [0.1, 0.15) is 13.2 Å². The molecule has 0 aromatic heterocycles. The van der Waals surface area contributed by atoms with Gasteiger partial charge in [-0.25, -0.2) is 0 Å². The van der Waals surface area contributed by atoms with Crippen molar-refractivity contribution in [3.63, 3.8) is 0 Å². The number of nitrogens with zero attached hydrogens (tertiary/aromatic N) is 1. The Morgan fingerprint density at radius 1 is 0.483 bits per heavy atom. The normalized spacial score (nSPS) is 12.9. The molecule has 0 fully saturated rings. The number of carboxylic acid groups (broad SMARTS) is 1. The average molecular weight is 852 g/mol. The molecule has 2 atom stereocenters. The Balaban J connectivity index is 4.25. The van der Waals surface area contributed by atoms with Crippen LogP contribution in [0.5, 0.6) is 0 Å². The highest BCUT2D eigenvalue weighted by Gasteiger charge is 2.22. The van der Waals surface area contributed by atoms with E-state index in [4.69, 9.17) is 18.9 Å². The van der Waals surface area contributed by atoms with Crippen LogP contribution in [0.1, 0.15) is 239 Å². The lowest BCUT2D eigenvalue weighted by atomic mass is 10.0. The lowest BCUT2D eigenvalue weighted by molar-refractivity contribution is -0.870. The van der Waals surface area contributed by atoms with E-state index >= 15 is 0 Å². The molecule has 0 aromatic rings. The van der Waals surface area contributed by atoms with Crippen molar-refractivity contribution in [2.75, 3.05) is 47.5 Å². The van der Waals surface area contributed by atoms with E-state index in [1.165, 1.54) is 154 Å². The smallest absolute Gasteiger partial charge is 0.306 e. The Labute approximate surface area is 370 Å². The number of quaternary nitrogens is 1. The SMILES string of the molecule is CCCCCC/C=C\CCCCCCCC(=O)OC(COC(=O)CCCCCCCCCCCCCCCCCCCCCCCC)COC(OCC[N+](C)(C)C)C(=O)[O-]. The molecule has 0 aliphatic rings. The summed E-state index contributed by atoms with van der Waals surface area (Å²) in [5, 5.41) is 11.7. The third kappa shape index (κ3) is 44.1. The summed E-state index contributed by atoms with van der Waals surface area (Å²) >= 11 is 0. The second kappa shape index (κ2) is 43.7. The molecular weight excluding hydrogens is 755 g/mol. The van der Waals surface area contributed by atoms with Crippen LogP contribution in [0.2, 0.25) is 0 Å². The first-order chi connectivity index (χ1) is 29.1. The highest BCUT2D eigenvalue weighted by molar-refractivity contribution is 5.70. The number of hydrogen-bond donors (Lipinski definition) is 0. The molecule has 0 radical (unpaired) electrons. The summed E-state index contributed by atoms with van der Waals surface area (Å²) in [5.74, 6) is -2.28. The van der Waals surface area contributed by atoms with Crippen molar-refractivity contribution in [1.29, 1.82) is 0 Å². The van der Waals surface area contributed by atoms with Crippen molar-refractivity contribution in [1.82, 2.24) is 0 Å². The number of rotatable bonds is 47. The van der Waals surface area contributed by atoms with Crippen LogP contribution in [-0.4, -0.2) is 82.3 Å². The Hall–Kier alpha value is -1.97. The maximum Gasteiger partial charge on any atom is 0.306 e. The van der Waals surface area contributed by atoms with Gasteiger partial charge in [0.15, 0.2) is 12.4 Å². The molecule has 2 unspecified atom stereocenters. The van der Waals surface area contributed by atoms with Gasteiger partial charge in [-0.1, -0.05) is 199 Å². The number of ether oxygens (including phenoxy) is 4. The molecule has 0 spiro atoms. The van der Waals surface area contributed by atoms with Gasteiger partial charge in [0.25, 0.3) is 0 Å². The zero-order chi connectivity index (χ0) is 44.2. The number of esters is 2. The third-order valence-corrected chi connectivity index (χ3v) is 11.3. The number of likely N-dealkylation sites (N-methyl/N-ethyl adjacent to an activating group) is 1. The molecule has 0 amide bonds. The van der Waals surface area contributed by atoms with Crippen LogP contribution in [0.25, 0.3) is 0 Å². The Morgan fingerprint density at radius 2 is 0.850 bits per heavy atom. The van der Waals surface area contributed by atoms with E-state index in [1.54, 1.807) is 0 Å². The van der Waals surface area contributed by atoms with Gasteiger partial charge in [-0.15, -0.1) is 0 Å². The number of carbonyl (C=O) groups excluding carboxylic acids is 3. The first kappa shape index (κ1) is 58.0. The Morgan fingerprint density at radius 3 is 1.25 bits per heavy atom. The van der Waals surface area contributed by atoms with Gasteiger partial charge in [-0.3, -0.25) is 9.59 Å². The topological polar surface area (TPSA) is 111 Å². The summed E-state index contributed by atoms with van der Waals surface area (Å²) in [4.78, 5) is 37.1. The molecule has 9 heteroatoms. The summed E-state index contributed by atoms with van der Waals surface area (Å²) in [6.45, 7) is 4.75. The van der Waals surface area contributed by atoms with E-state index < -0.39 is 24.3 Å². The van der Waals surface area contributed by atoms with E-state index in [9.17, 15) is 19.5 Å². The fourth-order valence-corrected chi connectivity index (χ4v) is 7.30. The average Bonchev–Trinajstić information content (AvgIpc) is 3.21. The van der Waals surface area contributed by atoms with Crippen molar-refractivity contribution in [2.24, 2.45) is 0 Å². The molecule has 9 nitrogen and oxygen atoms in total. The minimum Gasteiger partial charge on any atom is -0.545 e. The summed E-state index contributed by atoms with van der Waals surface area (Å²) in [6, 6.07) is 0. The number of aliphatic carboxylic acids is 1. The fraction of sp³-hybridized carbons (Fsp3) is 0.902. The van der Waals surface area contributed by atoms with Crippen LogP contribution in [0.15, 0.2) is 12.2 Å². The maximum absolute atomic E-state index is 12.8. The van der Waals surface area contributed by atoms with Gasteiger partial charge >= 0.3 is 11.9 Å². The van der Waals surface area contributed by atoms with Crippen LogP contribution in [0.3, 0.4) is 0 Å². The van der Waals surface area contributed by atoms with E-state index in [0.29, 0.717) is 23.9 Å². The zero-order valence-corrected chi connectivity index (χ0v) is 40.1. The number of unbranched alkanes of at least 4 members (excludes halogenated alkanes) is 30. The first-order valence-corrected chi connectivity index (χ1v) is 25.3. The van der Waals surface area contributed by atoms with E-state index in [-0.39, 0.29) is 32.2 Å². The lowest BCUT2D eigenvalue weighted by Crippen LogP contribution is -2.44. The molecule has 354 valence electrons. The molecule has 0 aliphatic carbocycles. The molecule has 0 aromatic carbocycles. The van der Waals surface area contributed by atoms with Crippen molar-refractivity contribution >= 4 is 17.9 Å². The molecule has 0 bridgehead atoms. The third-order valence-electron chi connectivity index (χ3n) is 11.3. The second-order valence-corrected chi connectivity index (χ2v) is 18.5. The van der Waals surface area contributed by atoms with Crippen molar-refractivity contribution in [2.45, 2.75) is 251 Å². The maximum atomic E-state index is 12.8. The van der Waals surface area contributed by atoms with Gasteiger partial charge < -0.3 is 33.3 Å². The number of hydrogen-bond acceptors (Lipinski definition) is 8. The van der Waals surface area contributed by atoms with Crippen molar-refractivity contribution in [3.8, 4) is 0 Å².